The van der Waals surface area contributed by atoms with Gasteiger partial charge in [0.1, 0.15) is 0 Å². The SMILES string of the molecule is Cc1ccc(S(=O)(=O)C(O)C(F)(F)F)cc1. The second-order valence-electron chi connectivity index (χ2n) is 3.25. The molecule has 0 saturated carbocycles. The number of aryl methyl sites for hydroxylation is 1. The summed E-state index contributed by atoms with van der Waals surface area (Å²) in [6.45, 7) is 1.66. The van der Waals surface area contributed by atoms with Crippen molar-refractivity contribution in [3.8, 4) is 0 Å². The minimum Gasteiger partial charge on any atom is -0.370 e. The van der Waals surface area contributed by atoms with Crippen molar-refractivity contribution >= 4 is 9.84 Å². The molecule has 1 rings (SSSR count). The van der Waals surface area contributed by atoms with Crippen molar-refractivity contribution in [2.24, 2.45) is 0 Å². The third kappa shape index (κ3) is 2.53. The lowest BCUT2D eigenvalue weighted by Crippen LogP contribution is -2.36. The highest BCUT2D eigenvalue weighted by Gasteiger charge is 2.48. The standard InChI is InChI=1S/C9H9F3O3S/c1-6-2-4-7(5-3-6)16(14,15)8(13)9(10,11)12/h2-5,8,13H,1H3. The molecule has 0 spiro atoms. The summed E-state index contributed by atoms with van der Waals surface area (Å²) in [6, 6.07) is 4.77. The van der Waals surface area contributed by atoms with Crippen molar-refractivity contribution < 1.29 is 26.7 Å². The number of alkyl halides is 3. The van der Waals surface area contributed by atoms with Gasteiger partial charge in [-0.05, 0) is 19.1 Å². The topological polar surface area (TPSA) is 54.4 Å². The molecule has 1 aromatic rings. The summed E-state index contributed by atoms with van der Waals surface area (Å²) in [5.41, 5.74) is -2.68. The number of aliphatic hydroxyl groups excluding tert-OH is 1. The van der Waals surface area contributed by atoms with E-state index in [1.165, 1.54) is 12.1 Å². The summed E-state index contributed by atoms with van der Waals surface area (Å²) in [5.74, 6) is 0. The molecule has 1 aromatic carbocycles. The first-order chi connectivity index (χ1) is 7.15. The molecule has 7 heteroatoms. The zero-order valence-electron chi connectivity index (χ0n) is 8.19. The molecule has 90 valence electrons. The lowest BCUT2D eigenvalue weighted by atomic mass is 10.2. The van der Waals surface area contributed by atoms with Gasteiger partial charge in [0.15, 0.2) is 0 Å². The molecule has 1 unspecified atom stereocenters. The van der Waals surface area contributed by atoms with E-state index in [1.807, 2.05) is 0 Å². The van der Waals surface area contributed by atoms with Gasteiger partial charge in [0.2, 0.25) is 9.84 Å². The summed E-state index contributed by atoms with van der Waals surface area (Å²) in [5, 5.41) is 8.72. The van der Waals surface area contributed by atoms with Crippen molar-refractivity contribution in [1.82, 2.24) is 0 Å². The van der Waals surface area contributed by atoms with E-state index in [-0.39, 0.29) is 0 Å². The van der Waals surface area contributed by atoms with Crippen molar-refractivity contribution in [2.75, 3.05) is 0 Å². The van der Waals surface area contributed by atoms with Crippen molar-refractivity contribution in [2.45, 2.75) is 23.4 Å². The van der Waals surface area contributed by atoms with Gasteiger partial charge in [0, 0.05) is 0 Å². The van der Waals surface area contributed by atoms with Crippen LogP contribution in [0.4, 0.5) is 13.2 Å². The van der Waals surface area contributed by atoms with Gasteiger partial charge in [-0.25, -0.2) is 8.42 Å². The zero-order valence-corrected chi connectivity index (χ0v) is 9.01. The summed E-state index contributed by atoms with van der Waals surface area (Å²) in [4.78, 5) is -0.553. The summed E-state index contributed by atoms with van der Waals surface area (Å²) in [6.07, 6.45) is -5.19. The maximum absolute atomic E-state index is 12.1. The smallest absolute Gasteiger partial charge is 0.370 e. The van der Waals surface area contributed by atoms with E-state index in [4.69, 9.17) is 5.11 Å². The predicted molar refractivity (Wildman–Crippen MR) is 50.4 cm³/mol. The number of halogens is 3. The first-order valence-corrected chi connectivity index (χ1v) is 5.75. The van der Waals surface area contributed by atoms with Crippen LogP contribution in [0.2, 0.25) is 0 Å². The third-order valence-electron chi connectivity index (χ3n) is 1.92. The molecule has 0 amide bonds. The van der Waals surface area contributed by atoms with E-state index in [0.717, 1.165) is 12.1 Å². The third-order valence-corrected chi connectivity index (χ3v) is 3.71. The normalized spacial score (nSPS) is 14.8. The Bertz CT molecular complexity index is 462. The largest absolute Gasteiger partial charge is 0.429 e. The number of hydrogen-bond acceptors (Lipinski definition) is 3. The molecule has 16 heavy (non-hydrogen) atoms. The second-order valence-corrected chi connectivity index (χ2v) is 5.26. The number of benzene rings is 1. The fraction of sp³-hybridized carbons (Fsp3) is 0.333. The van der Waals surface area contributed by atoms with E-state index in [9.17, 15) is 21.6 Å². The number of aliphatic hydroxyl groups is 1. The molecule has 0 aliphatic rings. The minimum atomic E-state index is -5.19. The molecule has 0 aliphatic carbocycles. The summed E-state index contributed by atoms with van der Waals surface area (Å²) >= 11 is 0. The van der Waals surface area contributed by atoms with Crippen LogP contribution in [0.15, 0.2) is 29.2 Å². The average molecular weight is 254 g/mol. The first kappa shape index (κ1) is 13.0. The monoisotopic (exact) mass is 254 g/mol. The van der Waals surface area contributed by atoms with Crippen LogP contribution in [0.1, 0.15) is 5.56 Å². The molecular weight excluding hydrogens is 245 g/mol. The van der Waals surface area contributed by atoms with E-state index in [1.54, 1.807) is 6.92 Å². The van der Waals surface area contributed by atoms with Gasteiger partial charge in [-0.2, -0.15) is 13.2 Å². The van der Waals surface area contributed by atoms with Crippen LogP contribution in [0.25, 0.3) is 0 Å². The first-order valence-electron chi connectivity index (χ1n) is 4.21. The van der Waals surface area contributed by atoms with E-state index < -0.39 is 26.3 Å². The minimum absolute atomic E-state index is 0.553. The number of sulfone groups is 1. The molecule has 1 atom stereocenters. The Morgan fingerprint density at radius 2 is 1.62 bits per heavy atom. The van der Waals surface area contributed by atoms with E-state index in [0.29, 0.717) is 5.56 Å². The van der Waals surface area contributed by atoms with Crippen LogP contribution in [0.3, 0.4) is 0 Å². The maximum Gasteiger partial charge on any atom is 0.429 e. The second kappa shape index (κ2) is 4.06. The van der Waals surface area contributed by atoms with Gasteiger partial charge in [-0.3, -0.25) is 0 Å². The molecule has 0 aromatic heterocycles. The molecule has 0 bridgehead atoms. The van der Waals surface area contributed by atoms with Gasteiger partial charge in [-0.1, -0.05) is 17.7 Å². The Hall–Kier alpha value is -1.08. The molecule has 3 nitrogen and oxygen atoms in total. The van der Waals surface area contributed by atoms with Crippen LogP contribution in [-0.4, -0.2) is 25.1 Å². The van der Waals surface area contributed by atoms with E-state index in [2.05, 4.69) is 0 Å². The van der Waals surface area contributed by atoms with Crippen LogP contribution in [-0.2, 0) is 9.84 Å². The van der Waals surface area contributed by atoms with E-state index >= 15 is 0 Å². The highest BCUT2D eigenvalue weighted by atomic mass is 32.2. The maximum atomic E-state index is 12.1. The van der Waals surface area contributed by atoms with Crippen LogP contribution in [0, 0.1) is 6.92 Å². The number of hydrogen-bond donors (Lipinski definition) is 1. The predicted octanol–water partition coefficient (Wildman–Crippen LogP) is 1.65. The molecule has 0 aliphatic heterocycles. The van der Waals surface area contributed by atoms with Gasteiger partial charge < -0.3 is 5.11 Å². The Balaban J connectivity index is 3.17. The Kier molecular flexibility index (Phi) is 3.30. The molecule has 0 fully saturated rings. The molecule has 0 heterocycles. The van der Waals surface area contributed by atoms with Gasteiger partial charge in [0.05, 0.1) is 4.90 Å². The van der Waals surface area contributed by atoms with Gasteiger partial charge >= 0.3 is 6.18 Å². The fourth-order valence-corrected chi connectivity index (χ4v) is 2.16. The lowest BCUT2D eigenvalue weighted by molar-refractivity contribution is -0.176. The van der Waals surface area contributed by atoms with Crippen LogP contribution < -0.4 is 0 Å². The molecule has 0 radical (unpaired) electrons. The van der Waals surface area contributed by atoms with Gasteiger partial charge in [-0.15, -0.1) is 0 Å². The van der Waals surface area contributed by atoms with Crippen molar-refractivity contribution in [3.63, 3.8) is 0 Å². The zero-order chi connectivity index (χ0) is 12.6. The molecule has 0 saturated heterocycles. The van der Waals surface area contributed by atoms with Crippen molar-refractivity contribution in [3.05, 3.63) is 29.8 Å². The summed E-state index contributed by atoms with van der Waals surface area (Å²) in [7, 11) is -4.78. The summed E-state index contributed by atoms with van der Waals surface area (Å²) < 4.78 is 58.9. The average Bonchev–Trinajstić information content (AvgIpc) is 2.16. The number of rotatable bonds is 2. The highest BCUT2D eigenvalue weighted by Crippen LogP contribution is 2.28. The Morgan fingerprint density at radius 3 is 2.00 bits per heavy atom. The quantitative estimate of drug-likeness (QED) is 0.873. The fourth-order valence-electron chi connectivity index (χ4n) is 1.03. The molecular formula is C9H9F3O3S. The molecule has 1 N–H and O–H groups in total. The Labute approximate surface area is 90.4 Å². The van der Waals surface area contributed by atoms with Crippen LogP contribution >= 0.6 is 0 Å². The lowest BCUT2D eigenvalue weighted by Gasteiger charge is -2.15. The highest BCUT2D eigenvalue weighted by molar-refractivity contribution is 7.92. The Morgan fingerprint density at radius 1 is 1.19 bits per heavy atom. The van der Waals surface area contributed by atoms with Crippen LogP contribution in [0.5, 0.6) is 0 Å². The van der Waals surface area contributed by atoms with Crippen molar-refractivity contribution in [1.29, 1.82) is 0 Å². The van der Waals surface area contributed by atoms with Gasteiger partial charge in [0.25, 0.3) is 5.44 Å².